The lowest BCUT2D eigenvalue weighted by atomic mass is 9.87. The number of unbranched alkanes of at least 4 members (excludes halogenated alkanes) is 39. The second-order valence-electron chi connectivity index (χ2n) is 18.7. The molecule has 0 bridgehead atoms. The Morgan fingerprint density at radius 1 is 0.268 bits per heavy atom. The SMILES string of the molecule is [CH2]Cc1cc(CCCCCCCCCCCCCCCC)c(CCCCCCCCCCCCCCCC)c(CCCCCCCCCCCCCCCC)c1. The highest BCUT2D eigenvalue weighted by molar-refractivity contribution is 5.40. The predicted octanol–water partition coefficient (Wildman–Crippen LogP) is 20.1. The summed E-state index contributed by atoms with van der Waals surface area (Å²) < 4.78 is 0. The second-order valence-corrected chi connectivity index (χ2v) is 18.7. The van der Waals surface area contributed by atoms with Crippen molar-refractivity contribution in [1.82, 2.24) is 0 Å². The van der Waals surface area contributed by atoms with Gasteiger partial charge >= 0.3 is 0 Å². The van der Waals surface area contributed by atoms with Crippen LogP contribution in [-0.2, 0) is 25.7 Å². The zero-order valence-corrected chi connectivity index (χ0v) is 39.4. The molecule has 0 heterocycles. The lowest BCUT2D eigenvalue weighted by Crippen LogP contribution is -2.04. The third-order valence-corrected chi connectivity index (χ3v) is 13.2. The highest BCUT2D eigenvalue weighted by Gasteiger charge is 2.12. The van der Waals surface area contributed by atoms with E-state index in [1.54, 1.807) is 16.7 Å². The molecule has 0 saturated carbocycles. The van der Waals surface area contributed by atoms with Crippen molar-refractivity contribution in [1.29, 1.82) is 0 Å². The van der Waals surface area contributed by atoms with Gasteiger partial charge < -0.3 is 0 Å². The lowest BCUT2D eigenvalue weighted by Gasteiger charge is -2.18. The molecule has 0 aliphatic heterocycles. The number of aryl methyl sites for hydroxylation is 2. The highest BCUT2D eigenvalue weighted by Crippen LogP contribution is 2.26. The Kier molecular flexibility index (Phi) is 41.6. The van der Waals surface area contributed by atoms with Crippen LogP contribution < -0.4 is 0 Å². The quantitative estimate of drug-likeness (QED) is 0.0579. The van der Waals surface area contributed by atoms with Gasteiger partial charge in [0.2, 0.25) is 0 Å². The summed E-state index contributed by atoms with van der Waals surface area (Å²) in [7, 11) is 0. The molecule has 1 aromatic rings. The second kappa shape index (κ2) is 43.8. The first-order chi connectivity index (χ1) is 27.8. The molecule has 56 heavy (non-hydrogen) atoms. The van der Waals surface area contributed by atoms with Gasteiger partial charge in [-0.1, -0.05) is 283 Å². The largest absolute Gasteiger partial charge is 0.0654 e. The molecule has 0 aliphatic carbocycles. The van der Waals surface area contributed by atoms with Crippen LogP contribution in [0.25, 0.3) is 0 Å². The van der Waals surface area contributed by atoms with E-state index in [4.69, 9.17) is 0 Å². The summed E-state index contributed by atoms with van der Waals surface area (Å²) in [6.07, 6.45) is 65.5. The monoisotopic (exact) mass is 778 g/mol. The van der Waals surface area contributed by atoms with E-state index in [1.807, 2.05) is 0 Å². The van der Waals surface area contributed by atoms with E-state index in [-0.39, 0.29) is 0 Å². The minimum Gasteiger partial charge on any atom is -0.0654 e. The summed E-state index contributed by atoms with van der Waals surface area (Å²) in [6, 6.07) is 5.17. The Morgan fingerprint density at radius 3 is 0.679 bits per heavy atom. The van der Waals surface area contributed by atoms with E-state index in [0.717, 1.165) is 6.42 Å². The summed E-state index contributed by atoms with van der Waals surface area (Å²) >= 11 is 0. The Morgan fingerprint density at radius 2 is 0.464 bits per heavy atom. The topological polar surface area (TPSA) is 0 Å². The molecule has 0 N–H and O–H groups in total. The number of hydrogen-bond donors (Lipinski definition) is 0. The van der Waals surface area contributed by atoms with Crippen molar-refractivity contribution in [2.75, 3.05) is 0 Å². The molecule has 0 nitrogen and oxygen atoms in total. The van der Waals surface area contributed by atoms with Crippen molar-refractivity contribution in [3.63, 3.8) is 0 Å². The summed E-state index contributed by atoms with van der Waals surface area (Å²) in [6.45, 7) is 11.3. The Labute approximate surface area is 356 Å². The standard InChI is InChI=1S/C56H105/c1-5-9-12-15-18-21-24-27-30-33-36-39-42-45-48-54-51-53(8-4)52-55(49-46-43-40-37-34-31-28-25-22-19-16-13-10-6-2)56(54)50-47-44-41-38-35-32-29-26-23-20-17-14-11-7-3/h51-52H,4-50H2,1-3H3. The fraction of sp³-hybridized carbons (Fsp3) is 0.875. The van der Waals surface area contributed by atoms with Gasteiger partial charge in [-0.3, -0.25) is 0 Å². The molecule has 0 aliphatic rings. The Balaban J connectivity index is 2.46. The zero-order valence-electron chi connectivity index (χ0n) is 39.4. The zero-order chi connectivity index (χ0) is 40.3. The highest BCUT2D eigenvalue weighted by atomic mass is 14.2. The van der Waals surface area contributed by atoms with Gasteiger partial charge in [0, 0.05) is 0 Å². The van der Waals surface area contributed by atoms with Gasteiger partial charge in [-0.2, -0.15) is 0 Å². The summed E-state index contributed by atoms with van der Waals surface area (Å²) in [4.78, 5) is 0. The predicted molar refractivity (Wildman–Crippen MR) is 258 cm³/mol. The Hall–Kier alpha value is -0.780. The van der Waals surface area contributed by atoms with Crippen LogP contribution >= 0.6 is 0 Å². The third kappa shape index (κ3) is 34.1. The molecule has 329 valence electrons. The van der Waals surface area contributed by atoms with Crippen molar-refractivity contribution >= 4 is 0 Å². The van der Waals surface area contributed by atoms with Gasteiger partial charge in [-0.25, -0.2) is 0 Å². The molecule has 0 saturated heterocycles. The molecule has 1 rings (SSSR count). The van der Waals surface area contributed by atoms with Crippen LogP contribution in [0.5, 0.6) is 0 Å². The van der Waals surface area contributed by atoms with Gasteiger partial charge in [0.15, 0.2) is 0 Å². The van der Waals surface area contributed by atoms with Crippen LogP contribution in [-0.4, -0.2) is 0 Å². The van der Waals surface area contributed by atoms with E-state index in [0.29, 0.717) is 0 Å². The van der Waals surface area contributed by atoms with Gasteiger partial charge in [-0.05, 0) is 74.1 Å². The minimum absolute atomic E-state index is 0.941. The summed E-state index contributed by atoms with van der Waals surface area (Å²) in [5.74, 6) is 0. The lowest BCUT2D eigenvalue weighted by molar-refractivity contribution is 0.533. The average molecular weight is 778 g/mol. The number of benzene rings is 1. The number of rotatable bonds is 46. The molecule has 1 aromatic carbocycles. The third-order valence-electron chi connectivity index (χ3n) is 13.2. The van der Waals surface area contributed by atoms with Crippen molar-refractivity contribution in [3.05, 3.63) is 41.3 Å². The molecule has 1 radical (unpaired) electrons. The van der Waals surface area contributed by atoms with Crippen LogP contribution in [0.15, 0.2) is 12.1 Å². The maximum absolute atomic E-state index is 4.36. The van der Waals surface area contributed by atoms with Crippen molar-refractivity contribution in [3.8, 4) is 0 Å². The fourth-order valence-corrected chi connectivity index (χ4v) is 9.30. The average Bonchev–Trinajstić information content (AvgIpc) is 3.21. The number of hydrogen-bond acceptors (Lipinski definition) is 0. The first kappa shape index (κ1) is 53.2. The van der Waals surface area contributed by atoms with Gasteiger partial charge in [0.25, 0.3) is 0 Å². The first-order valence-corrected chi connectivity index (χ1v) is 26.7. The van der Waals surface area contributed by atoms with E-state index in [9.17, 15) is 0 Å². The summed E-state index contributed by atoms with van der Waals surface area (Å²) in [5.41, 5.74) is 6.68. The smallest absolute Gasteiger partial charge is 0.0273 e. The first-order valence-electron chi connectivity index (χ1n) is 26.7. The van der Waals surface area contributed by atoms with Crippen LogP contribution in [0.4, 0.5) is 0 Å². The van der Waals surface area contributed by atoms with Crippen molar-refractivity contribution in [2.24, 2.45) is 0 Å². The van der Waals surface area contributed by atoms with Gasteiger partial charge in [0.1, 0.15) is 0 Å². The molecule has 0 aromatic heterocycles. The van der Waals surface area contributed by atoms with E-state index >= 15 is 0 Å². The van der Waals surface area contributed by atoms with E-state index in [2.05, 4.69) is 39.8 Å². The molecule has 0 amide bonds. The summed E-state index contributed by atoms with van der Waals surface area (Å²) in [5, 5.41) is 0. The molecule has 0 fully saturated rings. The van der Waals surface area contributed by atoms with E-state index in [1.165, 1.54) is 295 Å². The fourth-order valence-electron chi connectivity index (χ4n) is 9.30. The van der Waals surface area contributed by atoms with Crippen LogP contribution in [0.2, 0.25) is 0 Å². The maximum atomic E-state index is 4.36. The van der Waals surface area contributed by atoms with Gasteiger partial charge in [-0.15, -0.1) is 0 Å². The van der Waals surface area contributed by atoms with Crippen LogP contribution in [0.3, 0.4) is 0 Å². The van der Waals surface area contributed by atoms with Crippen molar-refractivity contribution in [2.45, 2.75) is 316 Å². The van der Waals surface area contributed by atoms with Crippen molar-refractivity contribution < 1.29 is 0 Å². The molecular weight excluding hydrogens is 673 g/mol. The maximum Gasteiger partial charge on any atom is -0.0273 e. The minimum atomic E-state index is 0.941. The van der Waals surface area contributed by atoms with Crippen LogP contribution in [0, 0.1) is 6.92 Å². The molecule has 0 unspecified atom stereocenters. The molecule has 0 spiro atoms. The molecule has 0 atom stereocenters. The molecule has 0 heteroatoms. The molecular formula is C56H105. The normalized spacial score (nSPS) is 11.6. The van der Waals surface area contributed by atoms with Gasteiger partial charge in [0.05, 0.1) is 0 Å². The van der Waals surface area contributed by atoms with E-state index < -0.39 is 0 Å². The van der Waals surface area contributed by atoms with Crippen LogP contribution in [0.1, 0.15) is 313 Å². The Bertz CT molecular complexity index is 842.